The van der Waals surface area contributed by atoms with Crippen molar-refractivity contribution in [3.05, 3.63) is 29.8 Å². The van der Waals surface area contributed by atoms with Gasteiger partial charge >= 0.3 is 0 Å². The topological polar surface area (TPSA) is 32.7 Å². The first-order valence-electron chi connectivity index (χ1n) is 7.67. The van der Waals surface area contributed by atoms with E-state index in [4.69, 9.17) is 4.74 Å². The lowest BCUT2D eigenvalue weighted by molar-refractivity contribution is 0.117. The SMILES string of the molecule is CCC1(CC)CCN(CC(O)c2ccc(OC)cc2)C1. The van der Waals surface area contributed by atoms with Crippen LogP contribution < -0.4 is 4.74 Å². The van der Waals surface area contributed by atoms with Gasteiger partial charge in [0.25, 0.3) is 0 Å². The average molecular weight is 277 g/mol. The van der Waals surface area contributed by atoms with Crippen LogP contribution in [-0.4, -0.2) is 36.8 Å². The lowest BCUT2D eigenvalue weighted by Crippen LogP contribution is -2.30. The molecule has 112 valence electrons. The third kappa shape index (κ3) is 3.33. The first-order valence-corrected chi connectivity index (χ1v) is 7.67. The minimum Gasteiger partial charge on any atom is -0.497 e. The number of aliphatic hydroxyl groups is 1. The average Bonchev–Trinajstić information content (AvgIpc) is 2.91. The van der Waals surface area contributed by atoms with Gasteiger partial charge in [0.2, 0.25) is 0 Å². The molecule has 1 unspecified atom stereocenters. The molecule has 1 fully saturated rings. The minimum atomic E-state index is -0.412. The second-order valence-electron chi connectivity index (χ2n) is 5.98. The number of aliphatic hydroxyl groups excluding tert-OH is 1. The second kappa shape index (κ2) is 6.59. The Kier molecular flexibility index (Phi) is 5.06. The Morgan fingerprint density at radius 1 is 1.25 bits per heavy atom. The molecule has 0 spiro atoms. The van der Waals surface area contributed by atoms with Crippen molar-refractivity contribution in [2.45, 2.75) is 39.2 Å². The van der Waals surface area contributed by atoms with Crippen LogP contribution in [0.4, 0.5) is 0 Å². The molecular formula is C17H27NO2. The highest BCUT2D eigenvalue weighted by Crippen LogP contribution is 2.37. The van der Waals surface area contributed by atoms with E-state index in [1.807, 2.05) is 24.3 Å². The van der Waals surface area contributed by atoms with Crippen molar-refractivity contribution >= 4 is 0 Å². The van der Waals surface area contributed by atoms with Crippen molar-refractivity contribution < 1.29 is 9.84 Å². The molecule has 3 heteroatoms. The van der Waals surface area contributed by atoms with Crippen LogP contribution in [-0.2, 0) is 0 Å². The van der Waals surface area contributed by atoms with Crippen LogP contribution in [0, 0.1) is 5.41 Å². The number of hydrogen-bond donors (Lipinski definition) is 1. The van der Waals surface area contributed by atoms with E-state index in [0.717, 1.165) is 30.9 Å². The number of β-amino-alcohol motifs (C(OH)–C–C–N with tert-alkyl or cyclic N) is 1. The van der Waals surface area contributed by atoms with Crippen molar-refractivity contribution in [1.29, 1.82) is 0 Å². The standard InChI is InChI=1S/C17H27NO2/c1-4-17(5-2)10-11-18(13-17)12-16(19)14-6-8-15(20-3)9-7-14/h6-9,16,19H,4-5,10-13H2,1-3H3. The van der Waals surface area contributed by atoms with Gasteiger partial charge in [0.15, 0.2) is 0 Å². The van der Waals surface area contributed by atoms with E-state index in [1.165, 1.54) is 19.3 Å². The molecule has 3 nitrogen and oxygen atoms in total. The highest BCUT2D eigenvalue weighted by molar-refractivity contribution is 5.28. The van der Waals surface area contributed by atoms with Crippen molar-refractivity contribution in [1.82, 2.24) is 4.90 Å². The van der Waals surface area contributed by atoms with E-state index < -0.39 is 6.10 Å². The van der Waals surface area contributed by atoms with Gasteiger partial charge in [-0.3, -0.25) is 4.90 Å². The molecule has 1 atom stereocenters. The van der Waals surface area contributed by atoms with E-state index in [0.29, 0.717) is 5.41 Å². The molecule has 1 heterocycles. The molecule has 1 aliphatic heterocycles. The molecule has 0 aromatic heterocycles. The number of ether oxygens (including phenoxy) is 1. The lowest BCUT2D eigenvalue weighted by atomic mass is 9.82. The molecule has 20 heavy (non-hydrogen) atoms. The van der Waals surface area contributed by atoms with Crippen LogP contribution in [0.2, 0.25) is 0 Å². The Morgan fingerprint density at radius 3 is 2.40 bits per heavy atom. The van der Waals surface area contributed by atoms with Gasteiger partial charge in [-0.05, 0) is 48.9 Å². The summed E-state index contributed by atoms with van der Waals surface area (Å²) in [5.74, 6) is 0.832. The van der Waals surface area contributed by atoms with Crippen LogP contribution in [0.25, 0.3) is 0 Å². The van der Waals surface area contributed by atoms with Crippen LogP contribution in [0.3, 0.4) is 0 Å². The fourth-order valence-corrected chi connectivity index (χ4v) is 3.19. The van der Waals surface area contributed by atoms with Crippen LogP contribution in [0.1, 0.15) is 44.8 Å². The van der Waals surface area contributed by atoms with Gasteiger partial charge in [-0.15, -0.1) is 0 Å². The van der Waals surface area contributed by atoms with E-state index in [2.05, 4.69) is 18.7 Å². The van der Waals surface area contributed by atoms with Gasteiger partial charge in [-0.2, -0.15) is 0 Å². The maximum absolute atomic E-state index is 10.4. The number of nitrogens with zero attached hydrogens (tertiary/aromatic N) is 1. The normalized spacial score (nSPS) is 20.0. The van der Waals surface area contributed by atoms with Crippen molar-refractivity contribution in [3.8, 4) is 5.75 Å². The Bertz CT molecular complexity index is 412. The molecular weight excluding hydrogens is 250 g/mol. The molecule has 1 aromatic rings. The zero-order valence-corrected chi connectivity index (χ0v) is 12.9. The molecule has 0 amide bonds. The summed E-state index contributed by atoms with van der Waals surface area (Å²) in [7, 11) is 1.66. The Balaban J connectivity index is 1.93. The molecule has 0 bridgehead atoms. The fourth-order valence-electron chi connectivity index (χ4n) is 3.19. The first kappa shape index (κ1) is 15.3. The number of rotatable bonds is 6. The summed E-state index contributed by atoms with van der Waals surface area (Å²) in [5.41, 5.74) is 1.44. The maximum Gasteiger partial charge on any atom is 0.118 e. The molecule has 0 radical (unpaired) electrons. The number of likely N-dealkylation sites (tertiary alicyclic amines) is 1. The van der Waals surface area contributed by atoms with E-state index in [-0.39, 0.29) is 0 Å². The van der Waals surface area contributed by atoms with Crippen molar-refractivity contribution in [2.24, 2.45) is 5.41 Å². The summed E-state index contributed by atoms with van der Waals surface area (Å²) in [6.07, 6.45) is 3.32. The highest BCUT2D eigenvalue weighted by atomic mass is 16.5. The number of methoxy groups -OCH3 is 1. The zero-order chi connectivity index (χ0) is 14.6. The summed E-state index contributed by atoms with van der Waals surface area (Å²) in [6.45, 7) is 7.52. The summed E-state index contributed by atoms with van der Waals surface area (Å²) < 4.78 is 5.15. The second-order valence-corrected chi connectivity index (χ2v) is 5.98. The zero-order valence-electron chi connectivity index (χ0n) is 12.9. The quantitative estimate of drug-likeness (QED) is 0.866. The largest absolute Gasteiger partial charge is 0.497 e. The summed E-state index contributed by atoms with van der Waals surface area (Å²) >= 11 is 0. The highest BCUT2D eigenvalue weighted by Gasteiger charge is 2.35. The summed E-state index contributed by atoms with van der Waals surface area (Å²) in [6, 6.07) is 7.72. The van der Waals surface area contributed by atoms with Gasteiger partial charge in [-0.1, -0.05) is 26.0 Å². The fraction of sp³-hybridized carbons (Fsp3) is 0.647. The number of hydrogen-bond acceptors (Lipinski definition) is 3. The molecule has 0 saturated carbocycles. The number of benzene rings is 1. The van der Waals surface area contributed by atoms with Crippen LogP contribution in [0.5, 0.6) is 5.75 Å². The minimum absolute atomic E-state index is 0.412. The molecule has 1 saturated heterocycles. The Morgan fingerprint density at radius 2 is 1.90 bits per heavy atom. The molecule has 1 aliphatic rings. The van der Waals surface area contributed by atoms with E-state index >= 15 is 0 Å². The molecule has 1 aromatic carbocycles. The predicted molar refractivity (Wildman–Crippen MR) is 82.0 cm³/mol. The van der Waals surface area contributed by atoms with E-state index in [9.17, 15) is 5.11 Å². The van der Waals surface area contributed by atoms with Crippen molar-refractivity contribution in [3.63, 3.8) is 0 Å². The maximum atomic E-state index is 10.4. The monoisotopic (exact) mass is 277 g/mol. The van der Waals surface area contributed by atoms with Gasteiger partial charge < -0.3 is 9.84 Å². The Hall–Kier alpha value is -1.06. The van der Waals surface area contributed by atoms with Gasteiger partial charge in [-0.25, -0.2) is 0 Å². The first-order chi connectivity index (χ1) is 9.62. The summed E-state index contributed by atoms with van der Waals surface area (Å²) in [5, 5.41) is 10.4. The van der Waals surface area contributed by atoms with Crippen molar-refractivity contribution in [2.75, 3.05) is 26.7 Å². The van der Waals surface area contributed by atoms with E-state index in [1.54, 1.807) is 7.11 Å². The smallest absolute Gasteiger partial charge is 0.118 e. The third-order valence-corrected chi connectivity index (χ3v) is 4.95. The lowest BCUT2D eigenvalue weighted by Gasteiger charge is -2.27. The van der Waals surface area contributed by atoms with Crippen LogP contribution >= 0.6 is 0 Å². The van der Waals surface area contributed by atoms with Gasteiger partial charge in [0, 0.05) is 13.1 Å². The summed E-state index contributed by atoms with van der Waals surface area (Å²) in [4.78, 5) is 2.40. The molecule has 0 aliphatic carbocycles. The molecule has 2 rings (SSSR count). The third-order valence-electron chi connectivity index (χ3n) is 4.95. The Labute approximate surface area is 122 Å². The van der Waals surface area contributed by atoms with Gasteiger partial charge in [0.05, 0.1) is 13.2 Å². The van der Waals surface area contributed by atoms with Crippen LogP contribution in [0.15, 0.2) is 24.3 Å². The predicted octanol–water partition coefficient (Wildman–Crippen LogP) is 3.24. The molecule has 1 N–H and O–H groups in total. The van der Waals surface area contributed by atoms with Gasteiger partial charge in [0.1, 0.15) is 5.75 Å².